The molecule has 1 rings (SSSR count). The Kier molecular flexibility index (Phi) is 8.64. The Labute approximate surface area is 145 Å². The largest absolute Gasteiger partial charge is 0.480 e. The molecule has 1 aromatic carbocycles. The maximum absolute atomic E-state index is 12.0. The lowest BCUT2D eigenvalue weighted by atomic mass is 10.3. The summed E-state index contributed by atoms with van der Waals surface area (Å²) in [7, 11) is 0. The minimum Gasteiger partial charge on any atom is -0.480 e. The molecule has 0 aliphatic rings. The van der Waals surface area contributed by atoms with Crippen LogP contribution in [0.4, 0.5) is 0 Å². The molecule has 8 heteroatoms. The summed E-state index contributed by atoms with van der Waals surface area (Å²) < 4.78 is 10.1. The Bertz CT molecular complexity index is 579. The summed E-state index contributed by atoms with van der Waals surface area (Å²) in [6, 6.07) is 6.70. The molecule has 24 heavy (non-hydrogen) atoms. The first-order chi connectivity index (χ1) is 11.5. The Morgan fingerprint density at radius 3 is 2.50 bits per heavy atom. The molecular formula is C16H21ClN2O5. The van der Waals surface area contributed by atoms with Crippen molar-refractivity contribution in [2.45, 2.75) is 13.8 Å². The third kappa shape index (κ3) is 6.87. The fourth-order valence-corrected chi connectivity index (χ4v) is 1.97. The van der Waals surface area contributed by atoms with Gasteiger partial charge in [-0.15, -0.1) is 0 Å². The molecule has 0 unspecified atom stereocenters. The van der Waals surface area contributed by atoms with Crippen LogP contribution in [0.3, 0.4) is 0 Å². The number of halogens is 1. The number of esters is 1. The number of carbonyl (C=O) groups excluding carboxylic acids is 3. The van der Waals surface area contributed by atoms with Crippen molar-refractivity contribution >= 4 is 29.4 Å². The van der Waals surface area contributed by atoms with E-state index in [1.54, 1.807) is 38.1 Å². The monoisotopic (exact) mass is 356 g/mol. The van der Waals surface area contributed by atoms with Gasteiger partial charge in [0.15, 0.2) is 13.2 Å². The lowest BCUT2D eigenvalue weighted by Gasteiger charge is -2.20. The van der Waals surface area contributed by atoms with Crippen LogP contribution in [0.5, 0.6) is 5.75 Å². The zero-order valence-electron chi connectivity index (χ0n) is 13.7. The van der Waals surface area contributed by atoms with E-state index in [-0.39, 0.29) is 19.1 Å². The normalized spacial score (nSPS) is 9.96. The molecule has 132 valence electrons. The molecule has 1 N–H and O–H groups in total. The van der Waals surface area contributed by atoms with Crippen molar-refractivity contribution < 1.29 is 23.9 Å². The van der Waals surface area contributed by atoms with E-state index in [1.807, 2.05) is 0 Å². The molecule has 0 bridgehead atoms. The van der Waals surface area contributed by atoms with Crippen molar-refractivity contribution in [1.82, 2.24) is 10.2 Å². The first-order valence-corrected chi connectivity index (χ1v) is 7.93. The Morgan fingerprint density at radius 1 is 1.17 bits per heavy atom. The van der Waals surface area contributed by atoms with Gasteiger partial charge in [0, 0.05) is 13.1 Å². The van der Waals surface area contributed by atoms with Crippen LogP contribution < -0.4 is 10.1 Å². The molecule has 0 saturated heterocycles. The van der Waals surface area contributed by atoms with Crippen LogP contribution >= 0.6 is 11.6 Å². The predicted molar refractivity (Wildman–Crippen MR) is 88.8 cm³/mol. The van der Waals surface area contributed by atoms with Crippen LogP contribution in [-0.2, 0) is 19.1 Å². The Balaban J connectivity index is 2.38. The van der Waals surface area contributed by atoms with Crippen molar-refractivity contribution in [3.05, 3.63) is 29.3 Å². The van der Waals surface area contributed by atoms with E-state index in [0.29, 0.717) is 23.9 Å². The van der Waals surface area contributed by atoms with E-state index in [0.717, 1.165) is 0 Å². The molecule has 7 nitrogen and oxygen atoms in total. The maximum Gasteiger partial charge on any atom is 0.344 e. The number of amides is 2. The summed E-state index contributed by atoms with van der Waals surface area (Å²) in [5.41, 5.74) is 0. The summed E-state index contributed by atoms with van der Waals surface area (Å²) in [6.07, 6.45) is 0. The zero-order valence-corrected chi connectivity index (χ0v) is 14.5. The molecule has 0 heterocycles. The molecular weight excluding hydrogens is 336 g/mol. The number of para-hydroxylation sites is 1. The highest BCUT2D eigenvalue weighted by Crippen LogP contribution is 2.22. The minimum absolute atomic E-state index is 0.0726. The van der Waals surface area contributed by atoms with E-state index < -0.39 is 18.5 Å². The van der Waals surface area contributed by atoms with Gasteiger partial charge >= 0.3 is 5.97 Å². The van der Waals surface area contributed by atoms with Gasteiger partial charge in [-0.3, -0.25) is 9.59 Å². The summed E-state index contributed by atoms with van der Waals surface area (Å²) in [4.78, 5) is 36.4. The minimum atomic E-state index is -0.697. The van der Waals surface area contributed by atoms with Crippen LogP contribution in [0.2, 0.25) is 5.02 Å². The van der Waals surface area contributed by atoms with Crippen molar-refractivity contribution in [3.8, 4) is 5.75 Å². The van der Waals surface area contributed by atoms with Gasteiger partial charge in [0.05, 0.1) is 11.6 Å². The first kappa shape index (κ1) is 19.8. The molecule has 1 aromatic rings. The molecule has 0 saturated carbocycles. The van der Waals surface area contributed by atoms with Crippen LogP contribution in [0.15, 0.2) is 24.3 Å². The zero-order chi connectivity index (χ0) is 17.9. The second-order valence-electron chi connectivity index (χ2n) is 4.74. The second kappa shape index (κ2) is 10.5. The van der Waals surface area contributed by atoms with Gasteiger partial charge in [0.25, 0.3) is 5.91 Å². The standard InChI is InChI=1S/C16H21ClN2O5/c1-3-18-14(20)9-19(4-2)15(21)10-24-16(22)11-23-13-8-6-5-7-12(13)17/h5-8H,3-4,9-11H2,1-2H3,(H,18,20). The lowest BCUT2D eigenvalue weighted by Crippen LogP contribution is -2.42. The number of ether oxygens (including phenoxy) is 2. The third-order valence-corrected chi connectivity index (χ3v) is 3.29. The van der Waals surface area contributed by atoms with Crippen molar-refractivity contribution in [3.63, 3.8) is 0 Å². The van der Waals surface area contributed by atoms with Crippen LogP contribution in [0, 0.1) is 0 Å². The fraction of sp³-hybridized carbons (Fsp3) is 0.438. The molecule has 2 amide bonds. The van der Waals surface area contributed by atoms with Crippen molar-refractivity contribution in [1.29, 1.82) is 0 Å². The van der Waals surface area contributed by atoms with E-state index in [2.05, 4.69) is 5.32 Å². The number of hydrogen-bond acceptors (Lipinski definition) is 5. The summed E-state index contributed by atoms with van der Waals surface area (Å²) in [5.74, 6) is -1.05. The average molecular weight is 357 g/mol. The highest BCUT2D eigenvalue weighted by atomic mass is 35.5. The maximum atomic E-state index is 12.0. The number of nitrogens with one attached hydrogen (secondary N) is 1. The van der Waals surface area contributed by atoms with Crippen molar-refractivity contribution in [2.24, 2.45) is 0 Å². The summed E-state index contributed by atoms with van der Waals surface area (Å²) in [6.45, 7) is 3.47. The number of carbonyl (C=O) groups is 3. The van der Waals surface area contributed by atoms with Crippen LogP contribution in [0.1, 0.15) is 13.8 Å². The van der Waals surface area contributed by atoms with Gasteiger partial charge in [-0.2, -0.15) is 0 Å². The van der Waals surface area contributed by atoms with E-state index >= 15 is 0 Å². The third-order valence-electron chi connectivity index (χ3n) is 2.98. The second-order valence-corrected chi connectivity index (χ2v) is 5.15. The quantitative estimate of drug-likeness (QED) is 0.673. The van der Waals surface area contributed by atoms with Crippen LogP contribution in [0.25, 0.3) is 0 Å². The molecule has 0 atom stereocenters. The van der Waals surface area contributed by atoms with Gasteiger partial charge in [-0.05, 0) is 26.0 Å². The number of likely N-dealkylation sites (N-methyl/N-ethyl adjacent to an activating group) is 2. The molecule has 0 spiro atoms. The van der Waals surface area contributed by atoms with Gasteiger partial charge in [-0.25, -0.2) is 4.79 Å². The number of hydrogen-bond donors (Lipinski definition) is 1. The topological polar surface area (TPSA) is 84.9 Å². The fourth-order valence-electron chi connectivity index (χ4n) is 1.78. The van der Waals surface area contributed by atoms with Crippen molar-refractivity contribution in [2.75, 3.05) is 32.8 Å². The summed E-state index contributed by atoms with van der Waals surface area (Å²) >= 11 is 5.89. The molecule has 0 aromatic heterocycles. The van der Waals surface area contributed by atoms with E-state index in [4.69, 9.17) is 21.1 Å². The number of nitrogens with zero attached hydrogens (tertiary/aromatic N) is 1. The molecule has 0 fully saturated rings. The Hall–Kier alpha value is -2.28. The SMILES string of the molecule is CCNC(=O)CN(CC)C(=O)COC(=O)COc1ccccc1Cl. The average Bonchev–Trinajstić information content (AvgIpc) is 2.57. The number of rotatable bonds is 9. The number of benzene rings is 1. The highest BCUT2D eigenvalue weighted by Gasteiger charge is 2.17. The molecule has 0 aliphatic carbocycles. The van der Waals surface area contributed by atoms with Gasteiger partial charge < -0.3 is 19.7 Å². The lowest BCUT2D eigenvalue weighted by molar-refractivity contribution is -0.154. The smallest absolute Gasteiger partial charge is 0.344 e. The van der Waals surface area contributed by atoms with E-state index in [1.165, 1.54) is 4.90 Å². The van der Waals surface area contributed by atoms with E-state index in [9.17, 15) is 14.4 Å². The van der Waals surface area contributed by atoms with Gasteiger partial charge in [0.1, 0.15) is 5.75 Å². The predicted octanol–water partition coefficient (Wildman–Crippen LogP) is 1.25. The summed E-state index contributed by atoms with van der Waals surface area (Å²) in [5, 5.41) is 2.98. The van der Waals surface area contributed by atoms with Gasteiger partial charge in [-0.1, -0.05) is 23.7 Å². The molecule has 0 radical (unpaired) electrons. The first-order valence-electron chi connectivity index (χ1n) is 7.55. The van der Waals surface area contributed by atoms with Gasteiger partial charge in [0.2, 0.25) is 5.91 Å². The highest BCUT2D eigenvalue weighted by molar-refractivity contribution is 6.32. The van der Waals surface area contributed by atoms with Crippen LogP contribution in [-0.4, -0.2) is 55.5 Å². The molecule has 0 aliphatic heterocycles. The Morgan fingerprint density at radius 2 is 1.88 bits per heavy atom.